The highest BCUT2D eigenvalue weighted by Crippen LogP contribution is 2.51. The van der Waals surface area contributed by atoms with E-state index in [0.29, 0.717) is 0 Å². The average Bonchev–Trinajstić information content (AvgIpc) is 3.36. The van der Waals surface area contributed by atoms with E-state index in [1.54, 1.807) is 0 Å². The Bertz CT molecular complexity index is 2100. The number of aryl methyl sites for hydroxylation is 2. The number of fused-ring (bicyclic) bond motifs is 11. The molecule has 1 aliphatic carbocycles. The van der Waals surface area contributed by atoms with Gasteiger partial charge in [0.2, 0.25) is 5.58 Å². The number of benzene rings is 5. The van der Waals surface area contributed by atoms with Gasteiger partial charge in [0, 0.05) is 22.6 Å². The third-order valence-electron chi connectivity index (χ3n) is 8.31. The largest absolute Gasteiger partial charge is 0.448 e. The summed E-state index contributed by atoms with van der Waals surface area (Å²) in [5, 5.41) is 3.65. The quantitative estimate of drug-likeness (QED) is 0.205. The van der Waals surface area contributed by atoms with Crippen LogP contribution >= 0.6 is 0 Å². The molecule has 0 N–H and O–H groups in total. The van der Waals surface area contributed by atoms with Crippen LogP contribution < -0.4 is 4.57 Å². The lowest BCUT2D eigenvalue weighted by Crippen LogP contribution is -2.30. The van der Waals surface area contributed by atoms with E-state index in [1.165, 1.54) is 49.7 Å². The second kappa shape index (κ2) is 8.28. The van der Waals surface area contributed by atoms with Gasteiger partial charge < -0.3 is 4.42 Å². The van der Waals surface area contributed by atoms with Gasteiger partial charge in [-0.25, -0.2) is 0 Å². The molecular weight excluding hydrogens is 474 g/mol. The molecule has 39 heavy (non-hydrogen) atoms. The summed E-state index contributed by atoms with van der Waals surface area (Å²) < 4.78 is 9.23. The summed E-state index contributed by atoms with van der Waals surface area (Å²) >= 11 is 0. The van der Waals surface area contributed by atoms with Crippen molar-refractivity contribution in [3.63, 3.8) is 0 Å². The van der Waals surface area contributed by atoms with Crippen LogP contribution in [0.4, 0.5) is 0 Å². The fourth-order valence-electron chi connectivity index (χ4n) is 6.46. The smallest absolute Gasteiger partial charge is 0.256 e. The maximum absolute atomic E-state index is 7.04. The normalized spacial score (nSPS) is 11.8. The molecule has 2 heterocycles. The minimum absolute atomic E-state index is 0.916. The van der Waals surface area contributed by atoms with Crippen LogP contribution in [0.25, 0.3) is 77.7 Å². The highest BCUT2D eigenvalue weighted by Gasteiger charge is 2.30. The van der Waals surface area contributed by atoms with E-state index in [-0.39, 0.29) is 0 Å². The van der Waals surface area contributed by atoms with Crippen molar-refractivity contribution < 1.29 is 8.98 Å². The third kappa shape index (κ3) is 3.12. The fourth-order valence-corrected chi connectivity index (χ4v) is 6.46. The van der Waals surface area contributed by atoms with Crippen molar-refractivity contribution in [2.45, 2.75) is 6.92 Å². The van der Waals surface area contributed by atoms with Crippen molar-refractivity contribution in [2.24, 2.45) is 7.05 Å². The number of pyridine rings is 1. The van der Waals surface area contributed by atoms with Gasteiger partial charge in [-0.05, 0) is 57.1 Å². The van der Waals surface area contributed by atoms with Gasteiger partial charge >= 0.3 is 0 Å². The number of rotatable bonds is 1. The highest BCUT2D eigenvalue weighted by atomic mass is 16.3. The van der Waals surface area contributed by atoms with E-state index in [1.807, 2.05) is 0 Å². The molecule has 2 nitrogen and oxygen atoms in total. The first-order valence-electron chi connectivity index (χ1n) is 13.4. The molecule has 0 saturated carbocycles. The number of nitrogens with zero attached hydrogens (tertiary/aromatic N) is 1. The highest BCUT2D eigenvalue weighted by molar-refractivity contribution is 6.12. The fraction of sp³-hybridized carbons (Fsp3) is 0.0541. The van der Waals surface area contributed by atoms with Crippen molar-refractivity contribution in [2.75, 3.05) is 0 Å². The van der Waals surface area contributed by atoms with Gasteiger partial charge in [0.1, 0.15) is 12.8 Å². The molecule has 0 bridgehead atoms. The summed E-state index contributed by atoms with van der Waals surface area (Å²) in [7, 11) is 2.11. The summed E-state index contributed by atoms with van der Waals surface area (Å²) in [6, 6.07) is 41.4. The molecule has 2 heteroatoms. The minimum atomic E-state index is 0.916. The Labute approximate surface area is 227 Å². The van der Waals surface area contributed by atoms with Crippen LogP contribution in [0.5, 0.6) is 0 Å². The van der Waals surface area contributed by atoms with Crippen LogP contribution in [0, 0.1) is 6.92 Å². The SMILES string of the molecule is Cc1c(-c2c3oc4c(c3cc[n+]2C)-c2ccccc2-c2ccccc2-c2ccccc2-4)ccc2ccccc12. The van der Waals surface area contributed by atoms with Crippen LogP contribution in [0.1, 0.15) is 5.56 Å². The molecular formula is C37H26NO+. The second-order valence-electron chi connectivity index (χ2n) is 10.4. The molecule has 184 valence electrons. The average molecular weight is 501 g/mol. The molecule has 0 aliphatic heterocycles. The van der Waals surface area contributed by atoms with Crippen LogP contribution in [0.15, 0.2) is 126 Å². The Morgan fingerprint density at radius 2 is 1.08 bits per heavy atom. The van der Waals surface area contributed by atoms with E-state index < -0.39 is 0 Å². The van der Waals surface area contributed by atoms with E-state index in [0.717, 1.165) is 33.6 Å². The van der Waals surface area contributed by atoms with Gasteiger partial charge in [0.15, 0.2) is 6.20 Å². The molecule has 0 atom stereocenters. The van der Waals surface area contributed by atoms with Crippen molar-refractivity contribution in [1.82, 2.24) is 0 Å². The summed E-state index contributed by atoms with van der Waals surface area (Å²) in [5.41, 5.74) is 12.8. The van der Waals surface area contributed by atoms with Crippen molar-refractivity contribution >= 4 is 21.7 Å². The van der Waals surface area contributed by atoms with Gasteiger partial charge in [0.25, 0.3) is 5.69 Å². The van der Waals surface area contributed by atoms with Gasteiger partial charge in [0.05, 0.1) is 5.56 Å². The van der Waals surface area contributed by atoms with Gasteiger partial charge in [-0.1, -0.05) is 103 Å². The molecule has 7 aromatic rings. The first-order valence-corrected chi connectivity index (χ1v) is 13.4. The molecule has 0 radical (unpaired) electrons. The molecule has 2 aromatic heterocycles. The molecule has 0 saturated heterocycles. The lowest BCUT2D eigenvalue weighted by Gasteiger charge is -2.20. The van der Waals surface area contributed by atoms with Gasteiger partial charge in [-0.2, -0.15) is 4.57 Å². The zero-order valence-electron chi connectivity index (χ0n) is 21.9. The monoisotopic (exact) mass is 500 g/mol. The molecule has 8 rings (SSSR count). The molecule has 0 unspecified atom stereocenters. The van der Waals surface area contributed by atoms with Crippen LogP contribution in [-0.4, -0.2) is 0 Å². The molecule has 5 aromatic carbocycles. The lowest BCUT2D eigenvalue weighted by atomic mass is 9.83. The van der Waals surface area contributed by atoms with Crippen LogP contribution in [0.2, 0.25) is 0 Å². The zero-order valence-corrected chi connectivity index (χ0v) is 21.9. The number of furan rings is 1. The van der Waals surface area contributed by atoms with E-state index in [9.17, 15) is 0 Å². The van der Waals surface area contributed by atoms with Crippen molar-refractivity contribution in [3.05, 3.63) is 127 Å². The Balaban J connectivity index is 1.53. The Morgan fingerprint density at radius 3 is 1.79 bits per heavy atom. The summed E-state index contributed by atoms with van der Waals surface area (Å²) in [6.45, 7) is 2.22. The number of aromatic nitrogens is 1. The van der Waals surface area contributed by atoms with E-state index in [2.05, 4.69) is 140 Å². The predicted octanol–water partition coefficient (Wildman–Crippen LogP) is 9.37. The zero-order chi connectivity index (χ0) is 26.1. The first kappa shape index (κ1) is 22.1. The van der Waals surface area contributed by atoms with Gasteiger partial charge in [-0.15, -0.1) is 0 Å². The van der Waals surface area contributed by atoms with E-state index >= 15 is 0 Å². The lowest BCUT2D eigenvalue weighted by molar-refractivity contribution is -0.659. The summed E-state index contributed by atoms with van der Waals surface area (Å²) in [6.07, 6.45) is 2.17. The first-order chi connectivity index (χ1) is 19.2. The maximum Gasteiger partial charge on any atom is 0.256 e. The number of hydrogen-bond donors (Lipinski definition) is 0. The predicted molar refractivity (Wildman–Crippen MR) is 160 cm³/mol. The minimum Gasteiger partial charge on any atom is -0.448 e. The van der Waals surface area contributed by atoms with Crippen LogP contribution in [-0.2, 0) is 7.05 Å². The number of hydrogen-bond acceptors (Lipinski definition) is 1. The summed E-state index contributed by atoms with van der Waals surface area (Å²) in [5.74, 6) is 0.924. The Hall–Kier alpha value is -4.95. The Morgan fingerprint density at radius 1 is 0.513 bits per heavy atom. The van der Waals surface area contributed by atoms with Gasteiger partial charge in [-0.3, -0.25) is 0 Å². The summed E-state index contributed by atoms with van der Waals surface area (Å²) in [4.78, 5) is 0. The maximum atomic E-state index is 7.04. The van der Waals surface area contributed by atoms with Crippen molar-refractivity contribution in [1.29, 1.82) is 0 Å². The third-order valence-corrected chi connectivity index (χ3v) is 8.31. The molecule has 0 fully saturated rings. The molecule has 0 amide bonds. The topological polar surface area (TPSA) is 17.0 Å². The van der Waals surface area contributed by atoms with E-state index in [4.69, 9.17) is 4.42 Å². The second-order valence-corrected chi connectivity index (χ2v) is 10.4. The Kier molecular flexibility index (Phi) is 4.68. The van der Waals surface area contributed by atoms with Crippen molar-refractivity contribution in [3.8, 4) is 56.0 Å². The standard InChI is InChI=1S/C37H26NO/c1-23-25-12-4-3-11-24(25)19-20-26(23)35-37-33(21-22-38(35)2)34-31-17-9-7-15-29(31)27-13-5-6-14-28(27)30-16-8-10-18-32(30)36(34)39-37/h3-22H,1-2H3/q+1. The molecule has 0 spiro atoms. The van der Waals surface area contributed by atoms with Crippen LogP contribution in [0.3, 0.4) is 0 Å². The molecule has 1 aliphatic rings.